The fourth-order valence-electron chi connectivity index (χ4n) is 3.37. The Kier molecular flexibility index (Phi) is 4.25. The van der Waals surface area contributed by atoms with Gasteiger partial charge < -0.3 is 5.32 Å². The number of aromatic nitrogens is 3. The summed E-state index contributed by atoms with van der Waals surface area (Å²) in [6, 6.07) is 6.53. The summed E-state index contributed by atoms with van der Waals surface area (Å²) in [5, 5.41) is 8.37. The number of fused-ring (bicyclic) bond motifs is 2. The molecule has 0 amide bonds. The first kappa shape index (κ1) is 16.2. The third-order valence-electron chi connectivity index (χ3n) is 4.52. The van der Waals surface area contributed by atoms with Crippen molar-refractivity contribution in [3.05, 3.63) is 57.3 Å². The van der Waals surface area contributed by atoms with Crippen molar-refractivity contribution in [2.75, 3.05) is 5.32 Å². The Morgan fingerprint density at radius 3 is 3.12 bits per heavy atom. The summed E-state index contributed by atoms with van der Waals surface area (Å²) in [4.78, 5) is 17.3. The van der Waals surface area contributed by atoms with Crippen LogP contribution in [0, 0.1) is 5.82 Å². The minimum Gasteiger partial charge on any atom is -0.353 e. The van der Waals surface area contributed by atoms with Gasteiger partial charge in [-0.25, -0.2) is 9.37 Å². The maximum atomic E-state index is 13.6. The molecular weight excluding hydrogens is 339 g/mol. The lowest BCUT2D eigenvalue weighted by Crippen LogP contribution is -2.18. The Labute approximate surface area is 148 Å². The zero-order valence-corrected chi connectivity index (χ0v) is 14.8. The number of hydrogen-bond acceptors (Lipinski definition) is 5. The summed E-state index contributed by atoms with van der Waals surface area (Å²) < 4.78 is 15.0. The van der Waals surface area contributed by atoms with E-state index in [-0.39, 0.29) is 17.4 Å². The molecule has 3 aromatic rings. The van der Waals surface area contributed by atoms with Gasteiger partial charge >= 0.3 is 0 Å². The molecule has 0 aliphatic heterocycles. The molecule has 1 unspecified atom stereocenters. The molecule has 1 atom stereocenters. The van der Waals surface area contributed by atoms with Gasteiger partial charge in [0.2, 0.25) is 10.1 Å². The summed E-state index contributed by atoms with van der Waals surface area (Å²) in [6.07, 6.45) is 4.64. The molecular formula is C18H19FN4OS. The molecule has 130 valence electrons. The maximum Gasteiger partial charge on any atom is 0.275 e. The van der Waals surface area contributed by atoms with E-state index in [4.69, 9.17) is 0 Å². The highest BCUT2D eigenvalue weighted by molar-refractivity contribution is 7.20. The smallest absolute Gasteiger partial charge is 0.275 e. The number of nitrogens with zero attached hydrogens (tertiary/aromatic N) is 3. The predicted octanol–water partition coefficient (Wildman–Crippen LogP) is 3.73. The SMILES string of the molecule is CCCc1cc(=O)n2nc(NC3CCCc4ccc(F)cc43)sc2n1. The molecule has 2 aromatic heterocycles. The average Bonchev–Trinajstić information content (AvgIpc) is 2.99. The monoisotopic (exact) mass is 358 g/mol. The van der Waals surface area contributed by atoms with Crippen molar-refractivity contribution in [3.63, 3.8) is 0 Å². The summed E-state index contributed by atoms with van der Waals surface area (Å²) in [7, 11) is 0. The highest BCUT2D eigenvalue weighted by Gasteiger charge is 2.22. The van der Waals surface area contributed by atoms with Crippen molar-refractivity contribution >= 4 is 21.4 Å². The first-order valence-corrected chi connectivity index (χ1v) is 9.40. The van der Waals surface area contributed by atoms with Crippen molar-refractivity contribution in [1.82, 2.24) is 14.6 Å². The summed E-state index contributed by atoms with van der Waals surface area (Å²) in [5.74, 6) is -0.223. The number of nitrogens with one attached hydrogen (secondary N) is 1. The molecule has 0 radical (unpaired) electrons. The lowest BCUT2D eigenvalue weighted by molar-refractivity contribution is 0.579. The van der Waals surface area contributed by atoms with Gasteiger partial charge in [0.25, 0.3) is 5.56 Å². The van der Waals surface area contributed by atoms with E-state index in [1.54, 1.807) is 12.1 Å². The minimum absolute atomic E-state index is 0.00539. The van der Waals surface area contributed by atoms with Crippen molar-refractivity contribution in [2.24, 2.45) is 0 Å². The Hall–Kier alpha value is -2.28. The number of benzene rings is 1. The van der Waals surface area contributed by atoms with Crippen LogP contribution in [0.25, 0.3) is 4.96 Å². The van der Waals surface area contributed by atoms with Gasteiger partial charge in [0.15, 0.2) is 0 Å². The first-order chi connectivity index (χ1) is 12.1. The third-order valence-corrected chi connectivity index (χ3v) is 5.36. The van der Waals surface area contributed by atoms with Crippen LogP contribution in [0.1, 0.15) is 49.0 Å². The van der Waals surface area contributed by atoms with Gasteiger partial charge in [-0.2, -0.15) is 4.52 Å². The van der Waals surface area contributed by atoms with Gasteiger partial charge in [0.1, 0.15) is 5.82 Å². The minimum atomic E-state index is -0.223. The Morgan fingerprint density at radius 1 is 1.40 bits per heavy atom. The van der Waals surface area contributed by atoms with Crippen LogP contribution in [-0.4, -0.2) is 14.6 Å². The molecule has 0 saturated carbocycles. The van der Waals surface area contributed by atoms with Crippen LogP contribution in [0.15, 0.2) is 29.1 Å². The second kappa shape index (κ2) is 6.55. The van der Waals surface area contributed by atoms with Crippen LogP contribution >= 0.6 is 11.3 Å². The van der Waals surface area contributed by atoms with E-state index in [1.807, 2.05) is 6.07 Å². The zero-order valence-electron chi connectivity index (χ0n) is 14.0. The molecule has 0 spiro atoms. The lowest BCUT2D eigenvalue weighted by atomic mass is 9.88. The fraction of sp³-hybridized carbons (Fsp3) is 0.389. The van der Waals surface area contributed by atoms with Crippen LogP contribution in [0.5, 0.6) is 0 Å². The van der Waals surface area contributed by atoms with Gasteiger partial charge in [-0.15, -0.1) is 5.10 Å². The van der Waals surface area contributed by atoms with Crippen molar-refractivity contribution < 1.29 is 4.39 Å². The summed E-state index contributed by atoms with van der Waals surface area (Å²) in [5.41, 5.74) is 2.80. The second-order valence-corrected chi connectivity index (χ2v) is 7.33. The summed E-state index contributed by atoms with van der Waals surface area (Å²) >= 11 is 1.36. The zero-order chi connectivity index (χ0) is 17.4. The Balaban J connectivity index is 1.67. The number of hydrogen-bond donors (Lipinski definition) is 1. The van der Waals surface area contributed by atoms with Gasteiger partial charge in [-0.3, -0.25) is 4.79 Å². The van der Waals surface area contributed by atoms with Gasteiger partial charge in [-0.1, -0.05) is 30.7 Å². The number of rotatable bonds is 4. The number of halogens is 1. The van der Waals surface area contributed by atoms with Crippen LogP contribution in [0.4, 0.5) is 9.52 Å². The van der Waals surface area contributed by atoms with Crippen molar-refractivity contribution in [2.45, 2.75) is 45.1 Å². The first-order valence-electron chi connectivity index (χ1n) is 8.58. The molecule has 0 bridgehead atoms. The van der Waals surface area contributed by atoms with Crippen LogP contribution in [-0.2, 0) is 12.8 Å². The number of anilines is 1. The molecule has 1 aromatic carbocycles. The van der Waals surface area contributed by atoms with E-state index in [2.05, 4.69) is 22.3 Å². The molecule has 1 N–H and O–H groups in total. The standard InChI is InChI=1S/C18H19FN4OS/c1-2-4-13-10-16(24)23-18(20-13)25-17(22-23)21-15-6-3-5-11-7-8-12(19)9-14(11)15/h7-10,15H,2-6H2,1H3,(H,21,22). The van der Waals surface area contributed by atoms with Gasteiger partial charge in [-0.05, 0) is 48.9 Å². The van der Waals surface area contributed by atoms with Gasteiger partial charge in [0.05, 0.1) is 6.04 Å². The van der Waals surface area contributed by atoms with Crippen molar-refractivity contribution in [1.29, 1.82) is 0 Å². The molecule has 1 aliphatic rings. The number of aryl methyl sites for hydroxylation is 2. The third kappa shape index (κ3) is 3.16. The molecule has 7 heteroatoms. The average molecular weight is 358 g/mol. The van der Waals surface area contributed by atoms with E-state index in [0.717, 1.165) is 43.4 Å². The van der Waals surface area contributed by atoms with E-state index >= 15 is 0 Å². The van der Waals surface area contributed by atoms with Gasteiger partial charge in [0, 0.05) is 11.8 Å². The highest BCUT2D eigenvalue weighted by Crippen LogP contribution is 2.33. The van der Waals surface area contributed by atoms with Crippen molar-refractivity contribution in [3.8, 4) is 0 Å². The topological polar surface area (TPSA) is 59.3 Å². The molecule has 2 heterocycles. The molecule has 0 saturated heterocycles. The predicted molar refractivity (Wildman–Crippen MR) is 96.8 cm³/mol. The quantitative estimate of drug-likeness (QED) is 0.772. The van der Waals surface area contributed by atoms with E-state index in [0.29, 0.717) is 10.1 Å². The van der Waals surface area contributed by atoms with E-state index < -0.39 is 0 Å². The van der Waals surface area contributed by atoms with Crippen LogP contribution in [0.3, 0.4) is 0 Å². The molecule has 4 rings (SSSR count). The lowest BCUT2D eigenvalue weighted by Gasteiger charge is -2.26. The Bertz CT molecular complexity index is 981. The van der Waals surface area contributed by atoms with Crippen LogP contribution in [0.2, 0.25) is 0 Å². The normalized spacial score (nSPS) is 16.8. The molecule has 25 heavy (non-hydrogen) atoms. The highest BCUT2D eigenvalue weighted by atomic mass is 32.1. The largest absolute Gasteiger partial charge is 0.353 e. The molecule has 1 aliphatic carbocycles. The second-order valence-electron chi connectivity index (χ2n) is 6.37. The van der Waals surface area contributed by atoms with Crippen LogP contribution < -0.4 is 10.9 Å². The molecule has 0 fully saturated rings. The fourth-order valence-corrected chi connectivity index (χ4v) is 4.24. The van der Waals surface area contributed by atoms with E-state index in [1.165, 1.54) is 27.5 Å². The Morgan fingerprint density at radius 2 is 2.28 bits per heavy atom. The maximum absolute atomic E-state index is 13.6. The summed E-state index contributed by atoms with van der Waals surface area (Å²) in [6.45, 7) is 2.06. The molecule has 5 nitrogen and oxygen atoms in total. The van der Waals surface area contributed by atoms with E-state index in [9.17, 15) is 9.18 Å².